The van der Waals surface area contributed by atoms with E-state index in [1.807, 2.05) is 48.7 Å². The fraction of sp³-hybridized carbons (Fsp3) is 0.179. The van der Waals surface area contributed by atoms with Gasteiger partial charge in [-0.2, -0.15) is 0 Å². The summed E-state index contributed by atoms with van der Waals surface area (Å²) >= 11 is 0. The Morgan fingerprint density at radius 1 is 1.14 bits per heavy atom. The van der Waals surface area contributed by atoms with Gasteiger partial charge in [0.05, 0.1) is 18.2 Å². The molecular weight excluding hydrogens is 438 g/mol. The highest BCUT2D eigenvalue weighted by Crippen LogP contribution is 2.33. The number of carbonyl (C=O) groups excluding carboxylic acids is 1. The summed E-state index contributed by atoms with van der Waals surface area (Å²) < 4.78 is 5.84. The van der Waals surface area contributed by atoms with Crippen LogP contribution in [0.4, 0.5) is 17.3 Å². The number of hydrogen-bond acceptors (Lipinski definition) is 6. The minimum Gasteiger partial charge on any atom is -0.371 e. The first kappa shape index (κ1) is 22.7. The molecule has 0 saturated carbocycles. The molecule has 0 bridgehead atoms. The molecule has 1 unspecified atom stereocenters. The van der Waals surface area contributed by atoms with Crippen molar-refractivity contribution in [2.45, 2.75) is 13.0 Å². The number of fused-ring (bicyclic) bond motifs is 1. The number of benzene rings is 3. The highest BCUT2D eigenvalue weighted by Gasteiger charge is 2.16. The zero-order chi connectivity index (χ0) is 24.2. The SMILES string of the molecule is C=CC(=O)Nc1cccc(-c2c(C)ccc3cnc(Nc4ccc(C5CNCCO5)cc4)nc23)c1. The zero-order valence-electron chi connectivity index (χ0n) is 19.5. The number of aromatic nitrogens is 2. The average Bonchev–Trinajstić information content (AvgIpc) is 2.89. The van der Waals surface area contributed by atoms with Gasteiger partial charge in [0.25, 0.3) is 0 Å². The Balaban J connectivity index is 1.45. The number of anilines is 3. The number of aryl methyl sites for hydroxylation is 1. The lowest BCUT2D eigenvalue weighted by Gasteiger charge is -2.24. The number of hydrogen-bond donors (Lipinski definition) is 3. The molecular formula is C28H27N5O2. The molecule has 0 aliphatic carbocycles. The van der Waals surface area contributed by atoms with Gasteiger partial charge in [-0.05, 0) is 54.0 Å². The third kappa shape index (κ3) is 5.06. The molecule has 0 spiro atoms. The zero-order valence-corrected chi connectivity index (χ0v) is 19.5. The molecule has 1 aliphatic heterocycles. The fourth-order valence-corrected chi connectivity index (χ4v) is 4.26. The van der Waals surface area contributed by atoms with Gasteiger partial charge >= 0.3 is 0 Å². The summed E-state index contributed by atoms with van der Waals surface area (Å²) in [6, 6.07) is 20.0. The molecule has 176 valence electrons. The van der Waals surface area contributed by atoms with Crippen molar-refractivity contribution in [1.82, 2.24) is 15.3 Å². The Kier molecular flexibility index (Phi) is 6.52. The normalized spacial score (nSPS) is 15.5. The maximum atomic E-state index is 11.8. The van der Waals surface area contributed by atoms with E-state index in [0.717, 1.165) is 58.5 Å². The summed E-state index contributed by atoms with van der Waals surface area (Å²) in [5.74, 6) is 0.270. The predicted octanol–water partition coefficient (Wildman–Crippen LogP) is 5.13. The van der Waals surface area contributed by atoms with Crippen LogP contribution in [0.15, 0.2) is 79.5 Å². The van der Waals surface area contributed by atoms with Gasteiger partial charge in [-0.1, -0.05) is 43.0 Å². The summed E-state index contributed by atoms with van der Waals surface area (Å²) in [4.78, 5) is 21.2. The van der Waals surface area contributed by atoms with E-state index >= 15 is 0 Å². The lowest BCUT2D eigenvalue weighted by atomic mass is 9.97. The van der Waals surface area contributed by atoms with Crippen molar-refractivity contribution in [2.24, 2.45) is 0 Å². The monoisotopic (exact) mass is 465 g/mol. The van der Waals surface area contributed by atoms with Gasteiger partial charge in [0, 0.05) is 41.6 Å². The van der Waals surface area contributed by atoms with Crippen LogP contribution in [0, 0.1) is 6.92 Å². The molecule has 3 N–H and O–H groups in total. The van der Waals surface area contributed by atoms with E-state index in [1.54, 1.807) is 0 Å². The lowest BCUT2D eigenvalue weighted by molar-refractivity contribution is -0.111. The second-order valence-corrected chi connectivity index (χ2v) is 8.47. The van der Waals surface area contributed by atoms with Crippen LogP contribution >= 0.6 is 0 Å². The van der Waals surface area contributed by atoms with Crippen LogP contribution in [0.25, 0.3) is 22.0 Å². The van der Waals surface area contributed by atoms with E-state index < -0.39 is 0 Å². The third-order valence-electron chi connectivity index (χ3n) is 6.03. The molecule has 1 saturated heterocycles. The minimum absolute atomic E-state index is 0.0762. The number of morpholine rings is 1. The molecule has 1 atom stereocenters. The Labute approximate surface area is 204 Å². The van der Waals surface area contributed by atoms with E-state index in [2.05, 4.69) is 52.6 Å². The summed E-state index contributed by atoms with van der Waals surface area (Å²) in [5.41, 5.74) is 6.63. The van der Waals surface area contributed by atoms with Crippen molar-refractivity contribution >= 4 is 34.1 Å². The highest BCUT2D eigenvalue weighted by atomic mass is 16.5. The number of nitrogens with zero attached hydrogens (tertiary/aromatic N) is 2. The molecule has 35 heavy (non-hydrogen) atoms. The fourth-order valence-electron chi connectivity index (χ4n) is 4.26. The van der Waals surface area contributed by atoms with Gasteiger partial charge in [0.2, 0.25) is 11.9 Å². The van der Waals surface area contributed by atoms with Crippen LogP contribution in [-0.4, -0.2) is 35.6 Å². The summed E-state index contributed by atoms with van der Waals surface area (Å²) in [6.07, 6.45) is 3.16. The molecule has 1 aliphatic rings. The van der Waals surface area contributed by atoms with Crippen LogP contribution in [0.3, 0.4) is 0 Å². The van der Waals surface area contributed by atoms with E-state index in [0.29, 0.717) is 11.6 Å². The van der Waals surface area contributed by atoms with Crippen LogP contribution in [-0.2, 0) is 9.53 Å². The molecule has 5 rings (SSSR count). The number of nitrogens with one attached hydrogen (secondary N) is 3. The van der Waals surface area contributed by atoms with Crippen molar-refractivity contribution in [2.75, 3.05) is 30.3 Å². The second-order valence-electron chi connectivity index (χ2n) is 8.47. The topological polar surface area (TPSA) is 88.2 Å². The Bertz CT molecular complexity index is 1380. The molecule has 4 aromatic rings. The first-order valence-corrected chi connectivity index (χ1v) is 11.6. The number of rotatable bonds is 6. The molecule has 3 aromatic carbocycles. The quantitative estimate of drug-likeness (QED) is 0.342. The highest BCUT2D eigenvalue weighted by molar-refractivity contribution is 6.00. The summed E-state index contributed by atoms with van der Waals surface area (Å²) in [5, 5.41) is 10.4. The number of ether oxygens (including phenoxy) is 1. The van der Waals surface area contributed by atoms with Crippen molar-refractivity contribution in [3.8, 4) is 11.1 Å². The van der Waals surface area contributed by atoms with Crippen molar-refractivity contribution < 1.29 is 9.53 Å². The third-order valence-corrected chi connectivity index (χ3v) is 6.03. The van der Waals surface area contributed by atoms with Crippen LogP contribution in [0.5, 0.6) is 0 Å². The maximum absolute atomic E-state index is 11.8. The van der Waals surface area contributed by atoms with E-state index in [4.69, 9.17) is 9.72 Å². The Hall–Kier alpha value is -4.07. The van der Waals surface area contributed by atoms with E-state index in [1.165, 1.54) is 6.08 Å². The van der Waals surface area contributed by atoms with Gasteiger partial charge < -0.3 is 20.7 Å². The first-order chi connectivity index (χ1) is 17.1. The minimum atomic E-state index is -0.247. The average molecular weight is 466 g/mol. The Morgan fingerprint density at radius 3 is 2.77 bits per heavy atom. The lowest BCUT2D eigenvalue weighted by Crippen LogP contribution is -2.33. The van der Waals surface area contributed by atoms with Crippen molar-refractivity contribution in [1.29, 1.82) is 0 Å². The van der Waals surface area contributed by atoms with Crippen molar-refractivity contribution in [3.63, 3.8) is 0 Å². The van der Waals surface area contributed by atoms with E-state index in [-0.39, 0.29) is 12.0 Å². The number of carbonyl (C=O) groups is 1. The standard InChI is InChI=1S/C28H27N5O2/c1-3-25(34)31-23-6-4-5-20(15-23)26-18(2)7-8-21-16-30-28(33-27(21)26)32-22-11-9-19(10-12-22)24-17-29-13-14-35-24/h3-12,15-16,24,29H,1,13-14,17H2,2H3,(H,31,34)(H,30,32,33). The van der Waals surface area contributed by atoms with Gasteiger partial charge in [-0.3, -0.25) is 4.79 Å². The first-order valence-electron chi connectivity index (χ1n) is 11.6. The molecule has 7 nitrogen and oxygen atoms in total. The van der Waals surface area contributed by atoms with Crippen LogP contribution in [0.2, 0.25) is 0 Å². The maximum Gasteiger partial charge on any atom is 0.247 e. The molecule has 2 heterocycles. The molecule has 1 fully saturated rings. The second kappa shape index (κ2) is 10.0. The summed E-state index contributed by atoms with van der Waals surface area (Å²) in [7, 11) is 0. The van der Waals surface area contributed by atoms with E-state index in [9.17, 15) is 4.79 Å². The molecule has 1 aromatic heterocycles. The van der Waals surface area contributed by atoms with Crippen LogP contribution in [0.1, 0.15) is 17.2 Å². The van der Waals surface area contributed by atoms with Crippen LogP contribution < -0.4 is 16.0 Å². The molecule has 7 heteroatoms. The summed E-state index contributed by atoms with van der Waals surface area (Å²) in [6.45, 7) is 8.01. The van der Waals surface area contributed by atoms with Gasteiger partial charge in [0.1, 0.15) is 0 Å². The van der Waals surface area contributed by atoms with Crippen molar-refractivity contribution in [3.05, 3.63) is 90.6 Å². The largest absolute Gasteiger partial charge is 0.371 e. The van der Waals surface area contributed by atoms with Gasteiger partial charge in [-0.25, -0.2) is 9.97 Å². The van der Waals surface area contributed by atoms with Gasteiger partial charge in [0.15, 0.2) is 0 Å². The van der Waals surface area contributed by atoms with Gasteiger partial charge in [-0.15, -0.1) is 0 Å². The smallest absolute Gasteiger partial charge is 0.247 e. The predicted molar refractivity (Wildman–Crippen MR) is 140 cm³/mol. The number of amides is 1. The Morgan fingerprint density at radius 2 is 2.00 bits per heavy atom. The molecule has 1 amide bonds. The molecule has 0 radical (unpaired) electrons.